The van der Waals surface area contributed by atoms with Crippen LogP contribution < -0.4 is 10.6 Å². The summed E-state index contributed by atoms with van der Waals surface area (Å²) in [6.45, 7) is 2.65. The molecule has 0 aliphatic rings. The predicted molar refractivity (Wildman–Crippen MR) is 73.2 cm³/mol. The lowest BCUT2D eigenvalue weighted by molar-refractivity contribution is 1.04. The monoisotopic (exact) mass is 249 g/mol. The van der Waals surface area contributed by atoms with E-state index in [0.29, 0.717) is 0 Å². The first-order chi connectivity index (χ1) is 8.28. The van der Waals surface area contributed by atoms with E-state index in [1.54, 1.807) is 0 Å². The molecule has 0 amide bonds. The number of thiol groups is 1. The maximum atomic E-state index is 4.32. The standard InChI is InChI=1S/C11H15N5S/c1-8-14-10(13-5-6-17)7-11(15-8)16-9-3-2-4-12-9/h2-4,7,12,17H,5-6H2,1H3,(H2,13,14,15,16). The molecule has 0 saturated heterocycles. The number of anilines is 3. The van der Waals surface area contributed by atoms with Gasteiger partial charge in [0.25, 0.3) is 0 Å². The summed E-state index contributed by atoms with van der Waals surface area (Å²) in [6.07, 6.45) is 1.86. The SMILES string of the molecule is Cc1nc(NCCS)cc(Nc2ccc[nH]2)n1. The number of nitrogens with one attached hydrogen (secondary N) is 3. The molecule has 3 N–H and O–H groups in total. The van der Waals surface area contributed by atoms with Crippen LogP contribution in [0.3, 0.4) is 0 Å². The van der Waals surface area contributed by atoms with E-state index >= 15 is 0 Å². The van der Waals surface area contributed by atoms with Crippen molar-refractivity contribution in [3.8, 4) is 0 Å². The van der Waals surface area contributed by atoms with Crippen molar-refractivity contribution in [3.05, 3.63) is 30.2 Å². The largest absolute Gasteiger partial charge is 0.369 e. The number of nitrogens with zero attached hydrogens (tertiary/aromatic N) is 2. The Bertz CT molecular complexity index is 469. The lowest BCUT2D eigenvalue weighted by atomic mass is 10.4. The molecule has 0 spiro atoms. The van der Waals surface area contributed by atoms with Crippen LogP contribution in [0.15, 0.2) is 24.4 Å². The van der Waals surface area contributed by atoms with Gasteiger partial charge in [0.05, 0.1) is 0 Å². The van der Waals surface area contributed by atoms with E-state index in [1.165, 1.54) is 0 Å². The Morgan fingerprint density at radius 2 is 2.18 bits per heavy atom. The van der Waals surface area contributed by atoms with Gasteiger partial charge in [0.15, 0.2) is 0 Å². The van der Waals surface area contributed by atoms with Gasteiger partial charge in [0.1, 0.15) is 23.3 Å². The summed E-state index contributed by atoms with van der Waals surface area (Å²) in [5, 5.41) is 6.35. The van der Waals surface area contributed by atoms with Crippen LogP contribution in [-0.4, -0.2) is 27.2 Å². The fraction of sp³-hybridized carbons (Fsp3) is 0.273. The van der Waals surface area contributed by atoms with Crippen molar-refractivity contribution in [1.29, 1.82) is 0 Å². The van der Waals surface area contributed by atoms with E-state index in [1.807, 2.05) is 31.3 Å². The molecule has 0 aliphatic carbocycles. The first kappa shape index (κ1) is 11.8. The van der Waals surface area contributed by atoms with Crippen molar-refractivity contribution in [3.63, 3.8) is 0 Å². The zero-order valence-corrected chi connectivity index (χ0v) is 10.5. The molecule has 0 atom stereocenters. The number of rotatable bonds is 5. The molecule has 0 aromatic carbocycles. The highest BCUT2D eigenvalue weighted by molar-refractivity contribution is 7.80. The summed E-state index contributed by atoms with van der Waals surface area (Å²) in [5.74, 6) is 3.97. The maximum absolute atomic E-state index is 4.32. The second kappa shape index (κ2) is 5.58. The molecule has 0 saturated carbocycles. The van der Waals surface area contributed by atoms with Crippen molar-refractivity contribution >= 4 is 30.1 Å². The van der Waals surface area contributed by atoms with E-state index in [9.17, 15) is 0 Å². The molecule has 2 rings (SSSR count). The number of aromatic amines is 1. The van der Waals surface area contributed by atoms with E-state index in [0.717, 1.165) is 35.6 Å². The summed E-state index contributed by atoms with van der Waals surface area (Å²) in [5.41, 5.74) is 0. The molecule has 0 unspecified atom stereocenters. The van der Waals surface area contributed by atoms with E-state index < -0.39 is 0 Å². The van der Waals surface area contributed by atoms with Crippen molar-refractivity contribution in [2.75, 3.05) is 22.9 Å². The summed E-state index contributed by atoms with van der Waals surface area (Å²) < 4.78 is 0. The normalized spacial score (nSPS) is 10.2. The Kier molecular flexibility index (Phi) is 3.87. The highest BCUT2D eigenvalue weighted by Crippen LogP contribution is 2.15. The summed E-state index contributed by atoms with van der Waals surface area (Å²) >= 11 is 4.15. The quantitative estimate of drug-likeness (QED) is 0.613. The third-order valence-corrected chi connectivity index (χ3v) is 2.34. The van der Waals surface area contributed by atoms with Gasteiger partial charge in [0.2, 0.25) is 0 Å². The minimum absolute atomic E-state index is 0.725. The van der Waals surface area contributed by atoms with Crippen LogP contribution in [0.25, 0.3) is 0 Å². The highest BCUT2D eigenvalue weighted by atomic mass is 32.1. The van der Waals surface area contributed by atoms with E-state index in [-0.39, 0.29) is 0 Å². The predicted octanol–water partition coefficient (Wildman–Crippen LogP) is 2.20. The molecule has 5 nitrogen and oxygen atoms in total. The lowest BCUT2D eigenvalue weighted by Crippen LogP contribution is -2.07. The minimum atomic E-state index is 0.725. The van der Waals surface area contributed by atoms with Crippen molar-refractivity contribution in [1.82, 2.24) is 15.0 Å². The van der Waals surface area contributed by atoms with Crippen molar-refractivity contribution in [2.45, 2.75) is 6.92 Å². The Labute approximate surface area is 105 Å². The molecular formula is C11H15N5S. The number of H-pyrrole nitrogens is 1. The lowest BCUT2D eigenvalue weighted by Gasteiger charge is -2.08. The van der Waals surface area contributed by atoms with Crippen LogP contribution in [0.2, 0.25) is 0 Å². The van der Waals surface area contributed by atoms with Crippen molar-refractivity contribution in [2.24, 2.45) is 0 Å². The second-order valence-electron chi connectivity index (χ2n) is 3.54. The van der Waals surface area contributed by atoms with Gasteiger partial charge in [-0.25, -0.2) is 9.97 Å². The minimum Gasteiger partial charge on any atom is -0.369 e. The average Bonchev–Trinajstić information content (AvgIpc) is 2.78. The maximum Gasteiger partial charge on any atom is 0.137 e. The van der Waals surface area contributed by atoms with Gasteiger partial charge in [-0.15, -0.1) is 0 Å². The average molecular weight is 249 g/mol. The van der Waals surface area contributed by atoms with Gasteiger partial charge in [-0.05, 0) is 19.1 Å². The molecule has 2 aromatic rings. The number of aryl methyl sites for hydroxylation is 1. The van der Waals surface area contributed by atoms with Gasteiger partial charge in [-0.2, -0.15) is 12.6 Å². The molecule has 2 aromatic heterocycles. The molecular weight excluding hydrogens is 234 g/mol. The molecule has 0 aliphatic heterocycles. The molecule has 17 heavy (non-hydrogen) atoms. The van der Waals surface area contributed by atoms with Gasteiger partial charge in [0, 0.05) is 24.6 Å². The molecule has 0 radical (unpaired) electrons. The number of aromatic nitrogens is 3. The van der Waals surface area contributed by atoms with Gasteiger partial charge < -0.3 is 15.6 Å². The molecule has 0 bridgehead atoms. The summed E-state index contributed by atoms with van der Waals surface area (Å²) in [6, 6.07) is 5.74. The topological polar surface area (TPSA) is 65.6 Å². The fourth-order valence-corrected chi connectivity index (χ4v) is 1.56. The Morgan fingerprint density at radius 1 is 1.35 bits per heavy atom. The Balaban J connectivity index is 2.13. The van der Waals surface area contributed by atoms with Gasteiger partial charge in [-0.3, -0.25) is 0 Å². The Hall–Kier alpha value is -1.69. The summed E-state index contributed by atoms with van der Waals surface area (Å²) in [4.78, 5) is 11.7. The third-order valence-electron chi connectivity index (χ3n) is 2.12. The number of hydrogen-bond acceptors (Lipinski definition) is 5. The molecule has 6 heteroatoms. The first-order valence-electron chi connectivity index (χ1n) is 5.39. The van der Waals surface area contributed by atoms with Crippen LogP contribution in [-0.2, 0) is 0 Å². The van der Waals surface area contributed by atoms with Crippen LogP contribution in [0.1, 0.15) is 5.82 Å². The number of hydrogen-bond donors (Lipinski definition) is 4. The van der Waals surface area contributed by atoms with E-state index in [4.69, 9.17) is 0 Å². The second-order valence-corrected chi connectivity index (χ2v) is 3.99. The van der Waals surface area contributed by atoms with E-state index in [2.05, 4.69) is 38.2 Å². The fourth-order valence-electron chi connectivity index (χ4n) is 1.45. The molecule has 0 fully saturated rings. The van der Waals surface area contributed by atoms with Gasteiger partial charge >= 0.3 is 0 Å². The first-order valence-corrected chi connectivity index (χ1v) is 6.02. The molecule has 90 valence electrons. The van der Waals surface area contributed by atoms with Crippen LogP contribution >= 0.6 is 12.6 Å². The zero-order valence-electron chi connectivity index (χ0n) is 9.57. The third kappa shape index (κ3) is 3.39. The Morgan fingerprint density at radius 3 is 2.88 bits per heavy atom. The highest BCUT2D eigenvalue weighted by Gasteiger charge is 2.02. The summed E-state index contributed by atoms with van der Waals surface area (Å²) in [7, 11) is 0. The van der Waals surface area contributed by atoms with Crippen LogP contribution in [0.5, 0.6) is 0 Å². The molecule has 2 heterocycles. The zero-order chi connectivity index (χ0) is 12.1. The smallest absolute Gasteiger partial charge is 0.137 e. The van der Waals surface area contributed by atoms with Crippen LogP contribution in [0.4, 0.5) is 17.5 Å². The van der Waals surface area contributed by atoms with Crippen LogP contribution in [0, 0.1) is 6.92 Å². The van der Waals surface area contributed by atoms with Gasteiger partial charge in [-0.1, -0.05) is 0 Å². The van der Waals surface area contributed by atoms with Crippen molar-refractivity contribution < 1.29 is 0 Å².